The minimum absolute atomic E-state index is 0.0935. The lowest BCUT2D eigenvalue weighted by Gasteiger charge is -1.97. The topological polar surface area (TPSA) is 68.3 Å². The maximum absolute atomic E-state index is 11.2. The highest BCUT2D eigenvalue weighted by Crippen LogP contribution is 2.15. The van der Waals surface area contributed by atoms with Gasteiger partial charge in [-0.1, -0.05) is 19.1 Å². The summed E-state index contributed by atoms with van der Waals surface area (Å²) in [5.74, 6) is -0.154. The van der Waals surface area contributed by atoms with Crippen LogP contribution < -0.4 is 0 Å². The third kappa shape index (κ3) is 7.95. The van der Waals surface area contributed by atoms with Crippen molar-refractivity contribution in [3.63, 3.8) is 0 Å². The average molecular weight is 284 g/mol. The zero-order valence-electron chi connectivity index (χ0n) is 9.13. The van der Waals surface area contributed by atoms with E-state index in [4.69, 9.17) is 0 Å². The molecular weight excluding hydrogens is 268 g/mol. The van der Waals surface area contributed by atoms with Crippen LogP contribution in [0, 0.1) is 0 Å². The van der Waals surface area contributed by atoms with E-state index in [1.807, 2.05) is 0 Å². The Balaban J connectivity index is 4.19. The van der Waals surface area contributed by atoms with E-state index in [-0.39, 0.29) is 17.3 Å². The molecule has 7 heteroatoms. The Morgan fingerprint density at radius 3 is 2.31 bits per heavy atom. The Morgan fingerprint density at radius 1 is 1.19 bits per heavy atom. The molecule has 0 bridgehead atoms. The first-order chi connectivity index (χ1) is 7.33. The van der Waals surface area contributed by atoms with Crippen LogP contribution in [-0.4, -0.2) is 34.1 Å². The lowest BCUT2D eigenvalue weighted by Crippen LogP contribution is -2.06. The van der Waals surface area contributed by atoms with Gasteiger partial charge in [0.25, 0.3) is 0 Å². The van der Waals surface area contributed by atoms with E-state index < -0.39 is 18.7 Å². The van der Waals surface area contributed by atoms with Gasteiger partial charge in [-0.15, -0.1) is 6.58 Å². The van der Waals surface area contributed by atoms with Crippen LogP contribution in [0.3, 0.4) is 0 Å². The molecule has 0 aliphatic heterocycles. The molecule has 94 valence electrons. The highest BCUT2D eigenvalue weighted by molar-refractivity contribution is 8.73. The molecule has 0 amide bonds. The maximum Gasteiger partial charge on any atom is 0.205 e. The second-order valence-corrected chi connectivity index (χ2v) is 9.34. The summed E-state index contributed by atoms with van der Waals surface area (Å²) in [6, 6.07) is 0. The number of hydrogen-bond donors (Lipinski definition) is 0. The lowest BCUT2D eigenvalue weighted by atomic mass is 10.6. The smallest absolute Gasteiger partial charge is 0.205 e. The fraction of sp³-hybridized carbons (Fsp3) is 0.556. The molecule has 0 fully saturated rings. The minimum atomic E-state index is -3.17. The van der Waals surface area contributed by atoms with Gasteiger partial charge < -0.3 is 0 Å². The molecule has 16 heavy (non-hydrogen) atoms. The molecule has 0 unspecified atom stereocenters. The monoisotopic (exact) mass is 284 g/mol. The zero-order chi connectivity index (χ0) is 12.7. The van der Waals surface area contributed by atoms with E-state index in [0.29, 0.717) is 17.2 Å². The molecule has 0 rings (SSSR count). The van der Waals surface area contributed by atoms with Crippen molar-refractivity contribution >= 4 is 29.5 Å². The summed E-state index contributed by atoms with van der Waals surface area (Å²) in [7, 11) is -5.66. The van der Waals surface area contributed by atoms with Gasteiger partial charge in [-0.3, -0.25) is 0 Å². The molecule has 0 aromatic carbocycles. The molecule has 0 saturated heterocycles. The first-order valence-electron chi connectivity index (χ1n) is 4.70. The Labute approximate surface area is 101 Å². The summed E-state index contributed by atoms with van der Waals surface area (Å²) < 4.78 is 44.9. The van der Waals surface area contributed by atoms with Gasteiger partial charge in [0, 0.05) is 0 Å². The first kappa shape index (κ1) is 15.7. The second kappa shape index (κ2) is 7.13. The van der Waals surface area contributed by atoms with Crippen molar-refractivity contribution in [1.82, 2.24) is 0 Å². The molecule has 0 spiro atoms. The molecule has 0 aromatic rings. The molecule has 0 N–H and O–H groups in total. The normalized spacial score (nSPS) is 13.1. The molecule has 4 nitrogen and oxygen atoms in total. The third-order valence-electron chi connectivity index (χ3n) is 1.47. The number of rotatable bonds is 8. The van der Waals surface area contributed by atoms with Crippen molar-refractivity contribution in [3.05, 3.63) is 24.1 Å². The van der Waals surface area contributed by atoms with Crippen LogP contribution in [0.5, 0.6) is 0 Å². The fourth-order valence-corrected chi connectivity index (χ4v) is 4.33. The van der Waals surface area contributed by atoms with E-state index in [1.54, 1.807) is 6.92 Å². The second-order valence-electron chi connectivity index (χ2n) is 3.10. The predicted octanol–water partition coefficient (Wildman–Crippen LogP) is 1.57. The quantitative estimate of drug-likeness (QED) is 0.500. The molecule has 0 radical (unpaired) electrons. The van der Waals surface area contributed by atoms with E-state index in [2.05, 4.69) is 6.58 Å². The summed E-state index contributed by atoms with van der Waals surface area (Å²) in [5.41, 5.74) is 0. The molecule has 0 heterocycles. The van der Waals surface area contributed by atoms with E-state index in [0.717, 1.165) is 0 Å². The molecular formula is C9H16O4S3. The van der Waals surface area contributed by atoms with Crippen molar-refractivity contribution in [3.8, 4) is 0 Å². The molecule has 0 aliphatic rings. The Morgan fingerprint density at radius 2 is 1.81 bits per heavy atom. The summed E-state index contributed by atoms with van der Waals surface area (Å²) in [6.45, 7) is 5.11. The summed E-state index contributed by atoms with van der Waals surface area (Å²) in [5, 5.41) is 1.31. The third-order valence-corrected chi connectivity index (χ3v) is 6.14. The Kier molecular flexibility index (Phi) is 7.01. The van der Waals surface area contributed by atoms with Crippen LogP contribution in [-0.2, 0) is 18.7 Å². The van der Waals surface area contributed by atoms with Gasteiger partial charge in [0.05, 0.1) is 17.3 Å². The van der Waals surface area contributed by atoms with Crippen LogP contribution in [0.25, 0.3) is 0 Å². The van der Waals surface area contributed by atoms with Crippen molar-refractivity contribution in [2.45, 2.75) is 13.3 Å². The van der Waals surface area contributed by atoms with Gasteiger partial charge in [0.15, 0.2) is 9.84 Å². The molecule has 0 aromatic heterocycles. The standard InChI is InChI=1S/C9H16O4S3/c1-3-7-15(10,11)9-5-6-14-16(12,13)8-4-2/h3,5-6H,1,4,7-9H2,2H3/b6-5+. The van der Waals surface area contributed by atoms with Crippen LogP contribution >= 0.6 is 10.8 Å². The van der Waals surface area contributed by atoms with Crippen molar-refractivity contribution in [2.24, 2.45) is 0 Å². The van der Waals surface area contributed by atoms with Gasteiger partial charge in [-0.2, -0.15) is 0 Å². The van der Waals surface area contributed by atoms with Crippen molar-refractivity contribution in [2.75, 3.05) is 17.3 Å². The van der Waals surface area contributed by atoms with Gasteiger partial charge in [-0.25, -0.2) is 16.8 Å². The van der Waals surface area contributed by atoms with Crippen molar-refractivity contribution in [1.29, 1.82) is 0 Å². The predicted molar refractivity (Wildman–Crippen MR) is 69.7 cm³/mol. The molecule has 0 aliphatic carbocycles. The Hall–Kier alpha value is -0.270. The van der Waals surface area contributed by atoms with Gasteiger partial charge in [0.2, 0.25) is 8.87 Å². The number of hydrogen-bond acceptors (Lipinski definition) is 5. The van der Waals surface area contributed by atoms with E-state index in [1.165, 1.54) is 17.6 Å². The summed E-state index contributed by atoms with van der Waals surface area (Å²) >= 11 is 0. The highest BCUT2D eigenvalue weighted by Gasteiger charge is 2.08. The molecule has 0 saturated carbocycles. The highest BCUT2D eigenvalue weighted by atomic mass is 33.1. The average Bonchev–Trinajstić information content (AvgIpc) is 2.12. The molecule has 0 atom stereocenters. The largest absolute Gasteiger partial charge is 0.228 e. The van der Waals surface area contributed by atoms with Gasteiger partial charge >= 0.3 is 0 Å². The lowest BCUT2D eigenvalue weighted by molar-refractivity contribution is 0.601. The van der Waals surface area contributed by atoms with Crippen LogP contribution in [0.1, 0.15) is 13.3 Å². The number of sulfone groups is 1. The van der Waals surface area contributed by atoms with E-state index in [9.17, 15) is 16.8 Å². The SMILES string of the molecule is C=CCS(=O)(=O)C/C=C/SS(=O)(=O)CCC. The van der Waals surface area contributed by atoms with Crippen LogP contribution in [0.2, 0.25) is 0 Å². The van der Waals surface area contributed by atoms with Gasteiger partial charge in [-0.05, 0) is 22.6 Å². The zero-order valence-corrected chi connectivity index (χ0v) is 11.6. The van der Waals surface area contributed by atoms with Crippen LogP contribution in [0.4, 0.5) is 0 Å². The minimum Gasteiger partial charge on any atom is -0.228 e. The first-order valence-corrected chi connectivity index (χ1v) is 9.57. The Bertz CT molecular complexity index is 431. The van der Waals surface area contributed by atoms with Crippen molar-refractivity contribution < 1.29 is 16.8 Å². The maximum atomic E-state index is 11.2. The van der Waals surface area contributed by atoms with Gasteiger partial charge in [0.1, 0.15) is 0 Å². The summed E-state index contributed by atoms with van der Waals surface area (Å²) in [6.07, 6.45) is 3.21. The fourth-order valence-electron chi connectivity index (χ4n) is 0.856. The van der Waals surface area contributed by atoms with Crippen LogP contribution in [0.15, 0.2) is 24.1 Å². The van der Waals surface area contributed by atoms with E-state index >= 15 is 0 Å². The summed E-state index contributed by atoms with van der Waals surface area (Å²) in [4.78, 5) is 0.